The fourth-order valence-electron chi connectivity index (χ4n) is 2.09. The summed E-state index contributed by atoms with van der Waals surface area (Å²) in [6, 6.07) is 15.5. The number of fused-ring (bicyclic) bond motifs is 1. The van der Waals surface area contributed by atoms with Crippen molar-refractivity contribution in [1.29, 1.82) is 0 Å². The van der Waals surface area contributed by atoms with E-state index in [9.17, 15) is 5.11 Å². The first-order valence-corrected chi connectivity index (χ1v) is 6.49. The van der Waals surface area contributed by atoms with Crippen molar-refractivity contribution >= 4 is 22.4 Å². The number of hydrogen-bond acceptors (Lipinski definition) is 4. The zero-order valence-corrected chi connectivity index (χ0v) is 11.1. The van der Waals surface area contributed by atoms with Crippen LogP contribution < -0.4 is 5.32 Å². The van der Waals surface area contributed by atoms with Crippen LogP contribution in [0.2, 0.25) is 0 Å². The van der Waals surface area contributed by atoms with Gasteiger partial charge in [-0.3, -0.25) is 0 Å². The first kappa shape index (κ1) is 12.6. The molecule has 0 aliphatic rings. The molecule has 3 rings (SSSR count). The van der Waals surface area contributed by atoms with Crippen LogP contribution in [-0.2, 0) is 0 Å². The summed E-state index contributed by atoms with van der Waals surface area (Å²) in [7, 11) is 0. The predicted molar refractivity (Wildman–Crippen MR) is 79.9 cm³/mol. The van der Waals surface area contributed by atoms with E-state index in [0.29, 0.717) is 0 Å². The van der Waals surface area contributed by atoms with Crippen LogP contribution in [0.15, 0.2) is 54.9 Å². The fourth-order valence-corrected chi connectivity index (χ4v) is 2.09. The molecule has 2 N–H and O–H groups in total. The predicted octanol–water partition coefficient (Wildman–Crippen LogP) is 3.43. The number of aromatic nitrogens is 2. The van der Waals surface area contributed by atoms with Gasteiger partial charge in [0.25, 0.3) is 0 Å². The average molecular weight is 265 g/mol. The van der Waals surface area contributed by atoms with E-state index in [-0.39, 0.29) is 0 Å². The van der Waals surface area contributed by atoms with E-state index in [1.807, 2.05) is 48.5 Å². The molecule has 0 aliphatic carbocycles. The second-order valence-electron chi connectivity index (χ2n) is 4.66. The van der Waals surface area contributed by atoms with Gasteiger partial charge >= 0.3 is 0 Å². The van der Waals surface area contributed by atoms with Crippen LogP contribution in [0.5, 0.6) is 0 Å². The van der Waals surface area contributed by atoms with E-state index in [1.54, 1.807) is 13.3 Å². The van der Waals surface area contributed by atoms with Crippen molar-refractivity contribution in [1.82, 2.24) is 9.97 Å². The molecule has 4 heteroatoms. The lowest BCUT2D eigenvalue weighted by Crippen LogP contribution is -1.97. The Balaban J connectivity index is 1.93. The Morgan fingerprint density at radius 2 is 1.75 bits per heavy atom. The highest BCUT2D eigenvalue weighted by atomic mass is 16.3. The number of anilines is 2. The number of benzene rings is 2. The maximum atomic E-state index is 9.50. The number of aliphatic hydroxyl groups excluding tert-OH is 1. The third-order valence-corrected chi connectivity index (χ3v) is 3.20. The van der Waals surface area contributed by atoms with Gasteiger partial charge in [-0.2, -0.15) is 0 Å². The smallest absolute Gasteiger partial charge is 0.141 e. The monoisotopic (exact) mass is 265 g/mol. The zero-order valence-electron chi connectivity index (χ0n) is 11.1. The highest BCUT2D eigenvalue weighted by Gasteiger charge is 2.04. The van der Waals surface area contributed by atoms with Crippen LogP contribution >= 0.6 is 0 Å². The molecule has 0 saturated heterocycles. The molecule has 1 atom stereocenters. The maximum absolute atomic E-state index is 9.50. The molecular weight excluding hydrogens is 250 g/mol. The van der Waals surface area contributed by atoms with Gasteiger partial charge in [0.15, 0.2) is 0 Å². The summed E-state index contributed by atoms with van der Waals surface area (Å²) in [5.74, 6) is 0.778. The largest absolute Gasteiger partial charge is 0.389 e. The molecule has 4 nitrogen and oxygen atoms in total. The molecule has 3 aromatic rings. The maximum Gasteiger partial charge on any atom is 0.141 e. The average Bonchev–Trinajstić information content (AvgIpc) is 2.48. The van der Waals surface area contributed by atoms with Gasteiger partial charge in [-0.1, -0.05) is 24.3 Å². The van der Waals surface area contributed by atoms with Gasteiger partial charge in [0, 0.05) is 11.1 Å². The normalized spacial score (nSPS) is 12.3. The van der Waals surface area contributed by atoms with Crippen molar-refractivity contribution in [2.45, 2.75) is 13.0 Å². The minimum absolute atomic E-state index is 0.455. The molecule has 20 heavy (non-hydrogen) atoms. The Kier molecular flexibility index (Phi) is 3.31. The summed E-state index contributed by atoms with van der Waals surface area (Å²) < 4.78 is 0. The van der Waals surface area contributed by atoms with Crippen LogP contribution in [0.25, 0.3) is 10.9 Å². The van der Waals surface area contributed by atoms with E-state index in [4.69, 9.17) is 0 Å². The van der Waals surface area contributed by atoms with Gasteiger partial charge in [-0.05, 0) is 36.8 Å². The molecule has 0 radical (unpaired) electrons. The molecule has 0 amide bonds. The van der Waals surface area contributed by atoms with E-state index in [0.717, 1.165) is 28.0 Å². The third kappa shape index (κ3) is 2.46. The number of hydrogen-bond donors (Lipinski definition) is 2. The molecule has 0 saturated carbocycles. The van der Waals surface area contributed by atoms with Crippen molar-refractivity contribution in [2.24, 2.45) is 0 Å². The molecule has 0 fully saturated rings. The minimum Gasteiger partial charge on any atom is -0.389 e. The van der Waals surface area contributed by atoms with Gasteiger partial charge in [0.05, 0.1) is 11.6 Å². The molecular formula is C16H15N3O. The second kappa shape index (κ2) is 5.27. The molecule has 0 aliphatic heterocycles. The van der Waals surface area contributed by atoms with Crippen molar-refractivity contribution in [3.8, 4) is 0 Å². The molecule has 0 unspecified atom stereocenters. The van der Waals surface area contributed by atoms with E-state index >= 15 is 0 Å². The summed E-state index contributed by atoms with van der Waals surface area (Å²) in [6.45, 7) is 1.75. The van der Waals surface area contributed by atoms with Crippen molar-refractivity contribution in [3.05, 3.63) is 60.4 Å². The van der Waals surface area contributed by atoms with Gasteiger partial charge in [0.2, 0.25) is 0 Å². The SMILES string of the molecule is C[C@H](O)c1ccc(Nc2ncnc3ccccc23)cc1. The highest BCUT2D eigenvalue weighted by molar-refractivity contribution is 5.90. The Bertz CT molecular complexity index is 718. The van der Waals surface area contributed by atoms with Crippen molar-refractivity contribution in [3.63, 3.8) is 0 Å². The van der Waals surface area contributed by atoms with Crippen molar-refractivity contribution < 1.29 is 5.11 Å². The van der Waals surface area contributed by atoms with Crippen LogP contribution in [0.1, 0.15) is 18.6 Å². The molecule has 0 spiro atoms. The lowest BCUT2D eigenvalue weighted by molar-refractivity contribution is 0.199. The lowest BCUT2D eigenvalue weighted by atomic mass is 10.1. The lowest BCUT2D eigenvalue weighted by Gasteiger charge is -2.10. The van der Waals surface area contributed by atoms with Crippen molar-refractivity contribution in [2.75, 3.05) is 5.32 Å². The summed E-state index contributed by atoms with van der Waals surface area (Å²) >= 11 is 0. The third-order valence-electron chi connectivity index (χ3n) is 3.20. The van der Waals surface area contributed by atoms with Gasteiger partial charge in [-0.25, -0.2) is 9.97 Å². The standard InChI is InChI=1S/C16H15N3O/c1-11(20)12-6-8-13(9-7-12)19-16-14-4-2-3-5-15(14)17-10-18-16/h2-11,20H,1H3,(H,17,18,19)/t11-/m0/s1. The molecule has 0 bridgehead atoms. The molecule has 1 heterocycles. The fraction of sp³-hybridized carbons (Fsp3) is 0.125. The number of nitrogens with zero attached hydrogens (tertiary/aromatic N) is 2. The molecule has 100 valence electrons. The van der Waals surface area contributed by atoms with E-state index < -0.39 is 6.10 Å². The minimum atomic E-state index is -0.455. The topological polar surface area (TPSA) is 58.0 Å². The van der Waals surface area contributed by atoms with Crippen LogP contribution in [0.4, 0.5) is 11.5 Å². The van der Waals surface area contributed by atoms with Crippen LogP contribution in [0.3, 0.4) is 0 Å². The highest BCUT2D eigenvalue weighted by Crippen LogP contribution is 2.23. The quantitative estimate of drug-likeness (QED) is 0.761. The number of rotatable bonds is 3. The van der Waals surface area contributed by atoms with Crippen LogP contribution in [0, 0.1) is 0 Å². The van der Waals surface area contributed by atoms with Gasteiger partial charge < -0.3 is 10.4 Å². The summed E-state index contributed by atoms with van der Waals surface area (Å²) in [5, 5.41) is 13.8. The number of aliphatic hydroxyl groups is 1. The van der Waals surface area contributed by atoms with E-state index in [2.05, 4.69) is 15.3 Å². The van der Waals surface area contributed by atoms with Gasteiger partial charge in [-0.15, -0.1) is 0 Å². The Labute approximate surface area is 117 Å². The summed E-state index contributed by atoms with van der Waals surface area (Å²) in [6.07, 6.45) is 1.10. The Hall–Kier alpha value is -2.46. The summed E-state index contributed by atoms with van der Waals surface area (Å²) in [5.41, 5.74) is 2.73. The number of para-hydroxylation sites is 1. The Morgan fingerprint density at radius 1 is 1.00 bits per heavy atom. The molecule has 1 aromatic heterocycles. The molecule has 2 aromatic carbocycles. The van der Waals surface area contributed by atoms with Crippen LogP contribution in [-0.4, -0.2) is 15.1 Å². The Morgan fingerprint density at radius 3 is 2.50 bits per heavy atom. The summed E-state index contributed by atoms with van der Waals surface area (Å²) in [4.78, 5) is 8.52. The zero-order chi connectivity index (χ0) is 13.9. The first-order chi connectivity index (χ1) is 9.74. The van der Waals surface area contributed by atoms with E-state index in [1.165, 1.54) is 0 Å². The van der Waals surface area contributed by atoms with Gasteiger partial charge in [0.1, 0.15) is 12.1 Å². The first-order valence-electron chi connectivity index (χ1n) is 6.49. The number of nitrogens with one attached hydrogen (secondary N) is 1. The second-order valence-corrected chi connectivity index (χ2v) is 4.66.